The van der Waals surface area contributed by atoms with E-state index in [1.54, 1.807) is 24.3 Å². The number of rotatable bonds is 8. The molecule has 0 aromatic heterocycles. The van der Waals surface area contributed by atoms with E-state index in [1.807, 2.05) is 12.1 Å². The standard InChI is InChI=1S/C21H27NO2/c1-3-4-5-6-16(2)18-9-7-17(8-10-18)15-24-21(23)19-11-13-20(22)14-12-19/h7-14,16H,3-6,15,22H2,1-2H3. The number of unbranched alkanes of at least 4 members (excludes halogenated alkanes) is 2. The van der Waals surface area contributed by atoms with Crippen LogP contribution in [0.5, 0.6) is 0 Å². The molecule has 2 rings (SSSR count). The van der Waals surface area contributed by atoms with Gasteiger partial charge in [0, 0.05) is 5.69 Å². The van der Waals surface area contributed by atoms with Gasteiger partial charge in [-0.1, -0.05) is 57.4 Å². The summed E-state index contributed by atoms with van der Waals surface area (Å²) in [6.45, 7) is 4.78. The lowest BCUT2D eigenvalue weighted by atomic mass is 9.94. The van der Waals surface area contributed by atoms with E-state index in [-0.39, 0.29) is 12.6 Å². The van der Waals surface area contributed by atoms with Gasteiger partial charge in [-0.25, -0.2) is 4.79 Å². The maximum absolute atomic E-state index is 12.0. The molecule has 2 N–H and O–H groups in total. The van der Waals surface area contributed by atoms with Gasteiger partial charge in [0.2, 0.25) is 0 Å². The normalized spacial score (nSPS) is 11.9. The first-order valence-corrected chi connectivity index (χ1v) is 8.71. The van der Waals surface area contributed by atoms with Crippen LogP contribution in [0.4, 0.5) is 5.69 Å². The molecule has 1 unspecified atom stereocenters. The molecule has 0 radical (unpaired) electrons. The number of anilines is 1. The highest BCUT2D eigenvalue weighted by molar-refractivity contribution is 5.89. The first kappa shape index (κ1) is 18.1. The molecule has 0 fully saturated rings. The van der Waals surface area contributed by atoms with Gasteiger partial charge in [-0.05, 0) is 47.7 Å². The van der Waals surface area contributed by atoms with Crippen LogP contribution in [-0.2, 0) is 11.3 Å². The fourth-order valence-corrected chi connectivity index (χ4v) is 2.66. The Labute approximate surface area is 144 Å². The molecule has 0 saturated carbocycles. The zero-order chi connectivity index (χ0) is 17.4. The molecule has 2 aromatic carbocycles. The topological polar surface area (TPSA) is 52.3 Å². The van der Waals surface area contributed by atoms with E-state index < -0.39 is 0 Å². The molecule has 0 saturated heterocycles. The van der Waals surface area contributed by atoms with Crippen LogP contribution >= 0.6 is 0 Å². The number of nitrogen functional groups attached to an aromatic ring is 1. The summed E-state index contributed by atoms with van der Waals surface area (Å²) in [5.41, 5.74) is 9.12. The molecule has 1 atom stereocenters. The molecular weight excluding hydrogens is 298 g/mol. The molecule has 24 heavy (non-hydrogen) atoms. The fourth-order valence-electron chi connectivity index (χ4n) is 2.66. The second kappa shape index (κ2) is 9.11. The molecule has 0 aliphatic rings. The lowest BCUT2D eigenvalue weighted by Crippen LogP contribution is -2.05. The molecular formula is C21H27NO2. The van der Waals surface area contributed by atoms with E-state index in [1.165, 1.54) is 31.2 Å². The molecule has 2 aromatic rings. The van der Waals surface area contributed by atoms with Crippen LogP contribution in [0.2, 0.25) is 0 Å². The largest absolute Gasteiger partial charge is 0.457 e. The molecule has 128 valence electrons. The molecule has 3 heteroatoms. The predicted molar refractivity (Wildman–Crippen MR) is 99.0 cm³/mol. The second-order valence-electron chi connectivity index (χ2n) is 6.34. The number of carbonyl (C=O) groups excluding carboxylic acids is 1. The Balaban J connectivity index is 1.85. The van der Waals surface area contributed by atoms with Gasteiger partial charge in [0.15, 0.2) is 0 Å². The van der Waals surface area contributed by atoms with Crippen molar-refractivity contribution in [2.45, 2.75) is 52.1 Å². The number of esters is 1. The van der Waals surface area contributed by atoms with E-state index in [0.717, 1.165) is 5.56 Å². The number of hydrogen-bond acceptors (Lipinski definition) is 3. The number of nitrogens with two attached hydrogens (primary N) is 1. The van der Waals surface area contributed by atoms with Gasteiger partial charge in [-0.15, -0.1) is 0 Å². The minimum absolute atomic E-state index is 0.285. The summed E-state index contributed by atoms with van der Waals surface area (Å²) in [7, 11) is 0. The molecule has 0 bridgehead atoms. The highest BCUT2D eigenvalue weighted by Gasteiger charge is 2.08. The predicted octanol–water partition coefficient (Wildman–Crippen LogP) is 5.31. The first-order valence-electron chi connectivity index (χ1n) is 8.71. The van der Waals surface area contributed by atoms with Crippen molar-refractivity contribution in [3.63, 3.8) is 0 Å². The van der Waals surface area contributed by atoms with Crippen LogP contribution in [-0.4, -0.2) is 5.97 Å². The molecule has 0 spiro atoms. The van der Waals surface area contributed by atoms with Crippen LogP contribution in [0.1, 0.15) is 66.9 Å². The van der Waals surface area contributed by atoms with Gasteiger partial charge in [-0.2, -0.15) is 0 Å². The molecule has 3 nitrogen and oxygen atoms in total. The molecule has 0 aliphatic heterocycles. The summed E-state index contributed by atoms with van der Waals surface area (Å²) >= 11 is 0. The quantitative estimate of drug-likeness (QED) is 0.406. The number of carbonyl (C=O) groups is 1. The summed E-state index contributed by atoms with van der Waals surface area (Å²) in [6, 6.07) is 15.1. The first-order chi connectivity index (χ1) is 11.6. The average molecular weight is 325 g/mol. The Morgan fingerprint density at radius 3 is 2.33 bits per heavy atom. The minimum Gasteiger partial charge on any atom is -0.457 e. The van der Waals surface area contributed by atoms with E-state index in [4.69, 9.17) is 10.5 Å². The third kappa shape index (κ3) is 5.41. The van der Waals surface area contributed by atoms with Gasteiger partial charge in [0.05, 0.1) is 5.56 Å². The van der Waals surface area contributed by atoms with Crippen molar-refractivity contribution >= 4 is 11.7 Å². The van der Waals surface area contributed by atoms with Crippen LogP contribution in [0, 0.1) is 0 Å². The Kier molecular flexibility index (Phi) is 6.86. The van der Waals surface area contributed by atoms with Crippen LogP contribution in [0.25, 0.3) is 0 Å². The Hall–Kier alpha value is -2.29. The minimum atomic E-state index is -0.327. The van der Waals surface area contributed by atoms with E-state index in [9.17, 15) is 4.79 Å². The maximum atomic E-state index is 12.0. The van der Waals surface area contributed by atoms with Crippen molar-refractivity contribution in [3.05, 3.63) is 65.2 Å². The second-order valence-corrected chi connectivity index (χ2v) is 6.34. The smallest absolute Gasteiger partial charge is 0.338 e. The summed E-state index contributed by atoms with van der Waals surface area (Å²) in [5.74, 6) is 0.245. The third-order valence-electron chi connectivity index (χ3n) is 4.31. The van der Waals surface area contributed by atoms with Crippen molar-refractivity contribution in [3.8, 4) is 0 Å². The van der Waals surface area contributed by atoms with Crippen molar-refractivity contribution in [1.82, 2.24) is 0 Å². The number of ether oxygens (including phenoxy) is 1. The van der Waals surface area contributed by atoms with Gasteiger partial charge in [0.25, 0.3) is 0 Å². The lowest BCUT2D eigenvalue weighted by molar-refractivity contribution is 0.0472. The van der Waals surface area contributed by atoms with Crippen molar-refractivity contribution < 1.29 is 9.53 Å². The van der Waals surface area contributed by atoms with Crippen LogP contribution in [0.3, 0.4) is 0 Å². The van der Waals surface area contributed by atoms with Gasteiger partial charge in [0.1, 0.15) is 6.61 Å². The van der Waals surface area contributed by atoms with Crippen molar-refractivity contribution in [2.75, 3.05) is 5.73 Å². The van der Waals surface area contributed by atoms with E-state index in [2.05, 4.69) is 26.0 Å². The molecule has 0 aliphatic carbocycles. The van der Waals surface area contributed by atoms with Crippen LogP contribution in [0.15, 0.2) is 48.5 Å². The Morgan fingerprint density at radius 1 is 1.04 bits per heavy atom. The van der Waals surface area contributed by atoms with Crippen LogP contribution < -0.4 is 5.73 Å². The summed E-state index contributed by atoms with van der Waals surface area (Å²) < 4.78 is 5.35. The summed E-state index contributed by atoms with van der Waals surface area (Å²) in [6.07, 6.45) is 5.05. The van der Waals surface area contributed by atoms with Gasteiger partial charge < -0.3 is 10.5 Å². The van der Waals surface area contributed by atoms with E-state index >= 15 is 0 Å². The lowest BCUT2D eigenvalue weighted by Gasteiger charge is -2.12. The van der Waals surface area contributed by atoms with E-state index in [0.29, 0.717) is 17.2 Å². The highest BCUT2D eigenvalue weighted by atomic mass is 16.5. The summed E-state index contributed by atoms with van der Waals surface area (Å²) in [5, 5.41) is 0. The highest BCUT2D eigenvalue weighted by Crippen LogP contribution is 2.22. The third-order valence-corrected chi connectivity index (χ3v) is 4.31. The number of hydrogen-bond donors (Lipinski definition) is 1. The molecule has 0 amide bonds. The molecule has 0 heterocycles. The number of benzene rings is 2. The zero-order valence-electron chi connectivity index (χ0n) is 14.6. The average Bonchev–Trinajstić information content (AvgIpc) is 2.61. The van der Waals surface area contributed by atoms with Crippen molar-refractivity contribution in [1.29, 1.82) is 0 Å². The fraction of sp³-hybridized carbons (Fsp3) is 0.381. The Morgan fingerprint density at radius 2 is 1.71 bits per heavy atom. The SMILES string of the molecule is CCCCCC(C)c1ccc(COC(=O)c2ccc(N)cc2)cc1. The van der Waals surface area contributed by atoms with Crippen molar-refractivity contribution in [2.24, 2.45) is 0 Å². The van der Waals surface area contributed by atoms with Gasteiger partial charge in [-0.3, -0.25) is 0 Å². The summed E-state index contributed by atoms with van der Waals surface area (Å²) in [4.78, 5) is 12.0. The zero-order valence-corrected chi connectivity index (χ0v) is 14.6. The Bertz CT molecular complexity index is 632. The van der Waals surface area contributed by atoms with Gasteiger partial charge >= 0.3 is 5.97 Å². The maximum Gasteiger partial charge on any atom is 0.338 e. The monoisotopic (exact) mass is 325 g/mol.